The molecule has 0 aromatic carbocycles. The van der Waals surface area contributed by atoms with Crippen molar-refractivity contribution in [1.82, 2.24) is 10.2 Å². The Morgan fingerprint density at radius 2 is 2.00 bits per heavy atom. The third-order valence-corrected chi connectivity index (χ3v) is 4.64. The van der Waals surface area contributed by atoms with E-state index in [1.54, 1.807) is 0 Å². The smallest absolute Gasteiger partial charge is 0.323 e. The standard InChI is InChI=1S/C16H32N2O2/c1-5-16(15(19)20,17-13(2)3)11-8-12-18(4)14-9-6-7-10-14/h13-14,17H,5-12H2,1-4H3,(H,19,20). The second-order valence-electron chi connectivity index (χ2n) is 6.56. The van der Waals surface area contributed by atoms with Gasteiger partial charge in [-0.3, -0.25) is 10.1 Å². The average molecular weight is 284 g/mol. The summed E-state index contributed by atoms with van der Waals surface area (Å²) in [5.74, 6) is -0.711. The summed E-state index contributed by atoms with van der Waals surface area (Å²) in [5.41, 5.74) is -0.759. The highest BCUT2D eigenvalue weighted by Crippen LogP contribution is 2.24. The first-order chi connectivity index (χ1) is 9.41. The molecule has 1 unspecified atom stereocenters. The normalized spacial score (nSPS) is 19.7. The van der Waals surface area contributed by atoms with Gasteiger partial charge in [-0.2, -0.15) is 0 Å². The van der Waals surface area contributed by atoms with Crippen molar-refractivity contribution >= 4 is 5.97 Å². The summed E-state index contributed by atoms with van der Waals surface area (Å²) in [6, 6.07) is 0.910. The first-order valence-corrected chi connectivity index (χ1v) is 8.12. The summed E-state index contributed by atoms with van der Waals surface area (Å²) < 4.78 is 0. The third-order valence-electron chi connectivity index (χ3n) is 4.64. The van der Waals surface area contributed by atoms with Crippen LogP contribution in [0.1, 0.15) is 65.7 Å². The predicted octanol–water partition coefficient (Wildman–Crippen LogP) is 2.87. The van der Waals surface area contributed by atoms with Gasteiger partial charge in [0.1, 0.15) is 5.54 Å². The Morgan fingerprint density at radius 1 is 1.40 bits per heavy atom. The van der Waals surface area contributed by atoms with Crippen molar-refractivity contribution in [3.8, 4) is 0 Å². The molecule has 1 atom stereocenters. The molecule has 1 fully saturated rings. The van der Waals surface area contributed by atoms with Crippen LogP contribution in [0.15, 0.2) is 0 Å². The molecule has 0 heterocycles. The van der Waals surface area contributed by atoms with Gasteiger partial charge >= 0.3 is 5.97 Å². The van der Waals surface area contributed by atoms with E-state index in [0.717, 1.165) is 13.0 Å². The average Bonchev–Trinajstić information content (AvgIpc) is 2.90. The molecule has 0 spiro atoms. The topological polar surface area (TPSA) is 52.6 Å². The van der Waals surface area contributed by atoms with Crippen molar-refractivity contribution in [3.05, 3.63) is 0 Å². The van der Waals surface area contributed by atoms with E-state index in [1.807, 2.05) is 20.8 Å². The Bertz CT molecular complexity index is 301. The van der Waals surface area contributed by atoms with Crippen molar-refractivity contribution in [2.24, 2.45) is 0 Å². The van der Waals surface area contributed by atoms with E-state index >= 15 is 0 Å². The Labute approximate surface area is 123 Å². The number of carboxylic acids is 1. The fourth-order valence-corrected chi connectivity index (χ4v) is 3.38. The highest BCUT2D eigenvalue weighted by Gasteiger charge is 2.36. The Morgan fingerprint density at radius 3 is 2.45 bits per heavy atom. The maximum Gasteiger partial charge on any atom is 0.323 e. The molecule has 20 heavy (non-hydrogen) atoms. The maximum absolute atomic E-state index is 11.6. The fraction of sp³-hybridized carbons (Fsp3) is 0.938. The van der Waals surface area contributed by atoms with Gasteiger partial charge in [0.25, 0.3) is 0 Å². The molecular weight excluding hydrogens is 252 g/mol. The Kier molecular flexibility index (Phi) is 6.96. The van der Waals surface area contributed by atoms with Gasteiger partial charge in [0.15, 0.2) is 0 Å². The monoisotopic (exact) mass is 284 g/mol. The number of hydrogen-bond donors (Lipinski definition) is 2. The third kappa shape index (κ3) is 4.74. The molecule has 2 N–H and O–H groups in total. The summed E-state index contributed by atoms with van der Waals surface area (Å²) in [5, 5.41) is 12.8. The van der Waals surface area contributed by atoms with Crippen molar-refractivity contribution in [3.63, 3.8) is 0 Å². The van der Waals surface area contributed by atoms with Gasteiger partial charge in [0.2, 0.25) is 0 Å². The van der Waals surface area contributed by atoms with Crippen LogP contribution in [0.4, 0.5) is 0 Å². The Balaban J connectivity index is 2.47. The molecule has 4 nitrogen and oxygen atoms in total. The van der Waals surface area contributed by atoms with Gasteiger partial charge in [-0.1, -0.05) is 19.8 Å². The molecule has 118 valence electrons. The van der Waals surface area contributed by atoms with Crippen LogP contribution < -0.4 is 5.32 Å². The van der Waals surface area contributed by atoms with Gasteiger partial charge in [0, 0.05) is 12.1 Å². The molecule has 1 aliphatic carbocycles. The number of rotatable bonds is 9. The van der Waals surface area contributed by atoms with E-state index in [-0.39, 0.29) is 6.04 Å². The van der Waals surface area contributed by atoms with E-state index in [1.165, 1.54) is 25.7 Å². The number of carboxylic acid groups (broad SMARTS) is 1. The molecule has 1 rings (SSSR count). The summed E-state index contributed by atoms with van der Waals surface area (Å²) in [7, 11) is 2.18. The molecule has 0 amide bonds. The lowest BCUT2D eigenvalue weighted by Crippen LogP contribution is -2.54. The highest BCUT2D eigenvalue weighted by atomic mass is 16.4. The van der Waals surface area contributed by atoms with E-state index < -0.39 is 11.5 Å². The largest absolute Gasteiger partial charge is 0.480 e. The predicted molar refractivity (Wildman–Crippen MR) is 83.0 cm³/mol. The van der Waals surface area contributed by atoms with E-state index in [0.29, 0.717) is 18.9 Å². The molecule has 0 saturated heterocycles. The van der Waals surface area contributed by atoms with Crippen LogP contribution >= 0.6 is 0 Å². The van der Waals surface area contributed by atoms with Crippen LogP contribution in [0, 0.1) is 0 Å². The summed E-state index contributed by atoms with van der Waals surface area (Å²) in [4.78, 5) is 14.1. The number of nitrogens with zero attached hydrogens (tertiary/aromatic N) is 1. The maximum atomic E-state index is 11.6. The minimum atomic E-state index is -0.759. The molecule has 1 aliphatic rings. The molecule has 0 radical (unpaired) electrons. The van der Waals surface area contributed by atoms with Gasteiger partial charge in [-0.05, 0) is 59.5 Å². The quantitative estimate of drug-likeness (QED) is 0.683. The van der Waals surface area contributed by atoms with E-state index in [4.69, 9.17) is 0 Å². The van der Waals surface area contributed by atoms with Crippen LogP contribution in [0.25, 0.3) is 0 Å². The molecule has 0 aromatic heterocycles. The van der Waals surface area contributed by atoms with Crippen molar-refractivity contribution < 1.29 is 9.90 Å². The molecular formula is C16H32N2O2. The molecule has 0 aromatic rings. The van der Waals surface area contributed by atoms with Crippen molar-refractivity contribution in [2.75, 3.05) is 13.6 Å². The Hall–Kier alpha value is -0.610. The lowest BCUT2D eigenvalue weighted by Gasteiger charge is -2.33. The van der Waals surface area contributed by atoms with Gasteiger partial charge in [-0.15, -0.1) is 0 Å². The number of nitrogens with one attached hydrogen (secondary N) is 1. The lowest BCUT2D eigenvalue weighted by molar-refractivity contribution is -0.145. The van der Waals surface area contributed by atoms with Crippen LogP contribution in [-0.2, 0) is 4.79 Å². The summed E-state index contributed by atoms with van der Waals surface area (Å²) in [6.45, 7) is 6.99. The van der Waals surface area contributed by atoms with Gasteiger partial charge in [0.05, 0.1) is 0 Å². The summed E-state index contributed by atoms with van der Waals surface area (Å²) in [6.07, 6.45) is 7.57. The lowest BCUT2D eigenvalue weighted by atomic mass is 9.89. The van der Waals surface area contributed by atoms with Crippen molar-refractivity contribution in [2.45, 2.75) is 83.3 Å². The molecule has 4 heteroatoms. The molecule has 0 bridgehead atoms. The van der Waals surface area contributed by atoms with Gasteiger partial charge < -0.3 is 10.0 Å². The van der Waals surface area contributed by atoms with Gasteiger partial charge in [-0.25, -0.2) is 0 Å². The number of aliphatic carboxylic acids is 1. The molecule has 1 saturated carbocycles. The zero-order valence-corrected chi connectivity index (χ0v) is 13.6. The fourth-order valence-electron chi connectivity index (χ4n) is 3.38. The van der Waals surface area contributed by atoms with Crippen LogP contribution in [0.3, 0.4) is 0 Å². The second-order valence-corrected chi connectivity index (χ2v) is 6.56. The zero-order valence-electron chi connectivity index (χ0n) is 13.6. The van der Waals surface area contributed by atoms with Crippen LogP contribution in [0.5, 0.6) is 0 Å². The van der Waals surface area contributed by atoms with Crippen LogP contribution in [-0.4, -0.2) is 47.2 Å². The van der Waals surface area contributed by atoms with Crippen molar-refractivity contribution in [1.29, 1.82) is 0 Å². The highest BCUT2D eigenvalue weighted by molar-refractivity contribution is 5.78. The van der Waals surface area contributed by atoms with Crippen LogP contribution in [0.2, 0.25) is 0 Å². The minimum absolute atomic E-state index is 0.193. The molecule has 0 aliphatic heterocycles. The first kappa shape index (κ1) is 17.4. The number of carbonyl (C=O) groups is 1. The zero-order chi connectivity index (χ0) is 15.2. The summed E-state index contributed by atoms with van der Waals surface area (Å²) >= 11 is 0. The minimum Gasteiger partial charge on any atom is -0.480 e. The number of hydrogen-bond acceptors (Lipinski definition) is 3. The first-order valence-electron chi connectivity index (χ1n) is 8.12. The van der Waals surface area contributed by atoms with E-state index in [9.17, 15) is 9.90 Å². The SMILES string of the molecule is CCC(CCCN(C)C1CCCC1)(NC(C)C)C(=O)O. The van der Waals surface area contributed by atoms with E-state index in [2.05, 4.69) is 17.3 Å². The second kappa shape index (κ2) is 7.99.